The van der Waals surface area contributed by atoms with Gasteiger partial charge in [0.2, 0.25) is 0 Å². The Morgan fingerprint density at radius 1 is 1.11 bits per heavy atom. The van der Waals surface area contributed by atoms with Gasteiger partial charge in [0.25, 0.3) is 0 Å². The SMILES string of the molecule is O=CC1c2cc(F)ccc2-c2ccc(C(=O)O)cc21. The van der Waals surface area contributed by atoms with Crippen LogP contribution in [0.15, 0.2) is 36.4 Å². The van der Waals surface area contributed by atoms with Gasteiger partial charge in [-0.25, -0.2) is 9.18 Å². The van der Waals surface area contributed by atoms with Crippen LogP contribution in [0.2, 0.25) is 0 Å². The lowest BCUT2D eigenvalue weighted by Gasteiger charge is -2.05. The highest BCUT2D eigenvalue weighted by molar-refractivity contribution is 5.93. The van der Waals surface area contributed by atoms with Crippen LogP contribution in [-0.4, -0.2) is 17.4 Å². The zero-order chi connectivity index (χ0) is 13.6. The van der Waals surface area contributed by atoms with Crippen molar-refractivity contribution in [2.75, 3.05) is 0 Å². The number of carboxylic acid groups (broad SMARTS) is 1. The molecule has 2 aromatic rings. The number of halogens is 1. The highest BCUT2D eigenvalue weighted by atomic mass is 19.1. The molecule has 0 saturated carbocycles. The Labute approximate surface area is 108 Å². The second-order valence-electron chi connectivity index (χ2n) is 4.45. The molecular formula is C15H9FO3. The summed E-state index contributed by atoms with van der Waals surface area (Å²) in [6, 6.07) is 8.92. The number of rotatable bonds is 2. The number of benzene rings is 2. The second-order valence-corrected chi connectivity index (χ2v) is 4.45. The van der Waals surface area contributed by atoms with Crippen molar-refractivity contribution in [3.05, 3.63) is 58.9 Å². The maximum atomic E-state index is 13.3. The van der Waals surface area contributed by atoms with Crippen molar-refractivity contribution in [3.8, 4) is 11.1 Å². The van der Waals surface area contributed by atoms with Crippen molar-refractivity contribution in [2.24, 2.45) is 0 Å². The van der Waals surface area contributed by atoms with E-state index in [1.54, 1.807) is 12.1 Å². The number of aromatic carboxylic acids is 1. The van der Waals surface area contributed by atoms with Crippen LogP contribution in [0.4, 0.5) is 4.39 Å². The maximum Gasteiger partial charge on any atom is 0.335 e. The fourth-order valence-electron chi connectivity index (χ4n) is 2.55. The molecule has 0 spiro atoms. The van der Waals surface area contributed by atoms with Gasteiger partial charge in [-0.3, -0.25) is 0 Å². The molecule has 0 amide bonds. The van der Waals surface area contributed by atoms with Crippen molar-refractivity contribution >= 4 is 12.3 Å². The first-order valence-electron chi connectivity index (χ1n) is 5.74. The highest BCUT2D eigenvalue weighted by Gasteiger charge is 2.29. The molecule has 0 saturated heterocycles. The van der Waals surface area contributed by atoms with Crippen molar-refractivity contribution in [2.45, 2.75) is 5.92 Å². The Balaban J connectivity index is 2.26. The largest absolute Gasteiger partial charge is 0.478 e. The average molecular weight is 256 g/mol. The smallest absolute Gasteiger partial charge is 0.335 e. The van der Waals surface area contributed by atoms with Gasteiger partial charge in [0, 0.05) is 0 Å². The minimum atomic E-state index is -1.05. The number of carbonyl (C=O) groups excluding carboxylic acids is 1. The summed E-state index contributed by atoms with van der Waals surface area (Å²) in [5, 5.41) is 8.99. The maximum absolute atomic E-state index is 13.3. The fraction of sp³-hybridized carbons (Fsp3) is 0.0667. The summed E-state index contributed by atoms with van der Waals surface area (Å²) in [4.78, 5) is 22.2. The second kappa shape index (κ2) is 4.02. The van der Waals surface area contributed by atoms with E-state index in [1.807, 2.05) is 0 Å². The Bertz CT molecular complexity index is 707. The number of carboxylic acids is 1. The van der Waals surface area contributed by atoms with Crippen LogP contribution < -0.4 is 0 Å². The van der Waals surface area contributed by atoms with E-state index in [4.69, 9.17) is 5.11 Å². The van der Waals surface area contributed by atoms with Crippen molar-refractivity contribution in [1.29, 1.82) is 0 Å². The molecule has 0 heterocycles. The predicted octanol–water partition coefficient (Wildman–Crippen LogP) is 2.84. The molecule has 0 fully saturated rings. The molecule has 19 heavy (non-hydrogen) atoms. The molecule has 1 unspecified atom stereocenters. The molecule has 0 radical (unpaired) electrons. The topological polar surface area (TPSA) is 54.4 Å². The van der Waals surface area contributed by atoms with Gasteiger partial charge < -0.3 is 9.90 Å². The number of aldehydes is 1. The van der Waals surface area contributed by atoms with Gasteiger partial charge in [0.15, 0.2) is 0 Å². The van der Waals surface area contributed by atoms with E-state index in [-0.39, 0.29) is 5.56 Å². The van der Waals surface area contributed by atoms with Crippen LogP contribution in [-0.2, 0) is 4.79 Å². The van der Waals surface area contributed by atoms with Gasteiger partial charge >= 0.3 is 5.97 Å². The van der Waals surface area contributed by atoms with E-state index < -0.39 is 17.7 Å². The van der Waals surface area contributed by atoms with E-state index in [0.717, 1.165) is 17.4 Å². The lowest BCUT2D eigenvalue weighted by Crippen LogP contribution is -2.01. The molecule has 0 aliphatic heterocycles. The average Bonchev–Trinajstić information content (AvgIpc) is 2.70. The van der Waals surface area contributed by atoms with Gasteiger partial charge in [0.05, 0.1) is 11.5 Å². The zero-order valence-corrected chi connectivity index (χ0v) is 9.76. The van der Waals surface area contributed by atoms with Gasteiger partial charge in [-0.15, -0.1) is 0 Å². The molecule has 2 aromatic carbocycles. The van der Waals surface area contributed by atoms with Gasteiger partial charge in [0.1, 0.15) is 12.1 Å². The summed E-state index contributed by atoms with van der Waals surface area (Å²) in [5.74, 6) is -2.05. The number of carbonyl (C=O) groups is 2. The number of fused-ring (bicyclic) bond motifs is 3. The summed E-state index contributed by atoms with van der Waals surface area (Å²) in [7, 11) is 0. The lowest BCUT2D eigenvalue weighted by atomic mass is 9.97. The van der Waals surface area contributed by atoms with E-state index in [2.05, 4.69) is 0 Å². The van der Waals surface area contributed by atoms with Crippen LogP contribution in [0.1, 0.15) is 27.4 Å². The molecule has 0 bridgehead atoms. The van der Waals surface area contributed by atoms with Crippen molar-refractivity contribution < 1.29 is 19.1 Å². The van der Waals surface area contributed by atoms with E-state index in [1.165, 1.54) is 24.3 Å². The molecule has 1 aliphatic rings. The zero-order valence-electron chi connectivity index (χ0n) is 9.76. The predicted molar refractivity (Wildman–Crippen MR) is 66.7 cm³/mol. The molecule has 1 aliphatic carbocycles. The van der Waals surface area contributed by atoms with Crippen LogP contribution in [0, 0.1) is 5.82 Å². The van der Waals surface area contributed by atoms with E-state index in [0.29, 0.717) is 11.1 Å². The standard InChI is InChI=1S/C15H9FO3/c16-9-2-4-11-10-3-1-8(15(18)19)5-12(10)14(7-17)13(11)6-9/h1-7,14H,(H,18,19). The highest BCUT2D eigenvalue weighted by Crippen LogP contribution is 2.44. The molecule has 4 heteroatoms. The summed E-state index contributed by atoms with van der Waals surface area (Å²) in [5.41, 5.74) is 2.91. The quantitative estimate of drug-likeness (QED) is 0.840. The molecule has 3 rings (SSSR count). The monoisotopic (exact) mass is 256 g/mol. The Hall–Kier alpha value is -2.49. The van der Waals surface area contributed by atoms with Gasteiger partial charge in [-0.1, -0.05) is 12.1 Å². The van der Waals surface area contributed by atoms with Crippen molar-refractivity contribution in [3.63, 3.8) is 0 Å². The molecule has 1 atom stereocenters. The Kier molecular flexibility index (Phi) is 2.45. The first-order valence-corrected chi connectivity index (χ1v) is 5.74. The van der Waals surface area contributed by atoms with Crippen molar-refractivity contribution in [1.82, 2.24) is 0 Å². The first kappa shape index (κ1) is 11.6. The molecule has 3 nitrogen and oxygen atoms in total. The Morgan fingerprint density at radius 3 is 2.37 bits per heavy atom. The summed E-state index contributed by atoms with van der Waals surface area (Å²) in [6.07, 6.45) is 0.718. The molecule has 94 valence electrons. The van der Waals surface area contributed by atoms with E-state index >= 15 is 0 Å². The van der Waals surface area contributed by atoms with Crippen LogP contribution in [0.25, 0.3) is 11.1 Å². The molecular weight excluding hydrogens is 247 g/mol. The normalized spacial score (nSPS) is 15.7. The molecule has 0 aromatic heterocycles. The van der Waals surface area contributed by atoms with Crippen LogP contribution in [0.3, 0.4) is 0 Å². The summed E-state index contributed by atoms with van der Waals surface area (Å²) < 4.78 is 13.3. The minimum absolute atomic E-state index is 0.124. The van der Waals surface area contributed by atoms with E-state index in [9.17, 15) is 14.0 Å². The van der Waals surface area contributed by atoms with Crippen LogP contribution >= 0.6 is 0 Å². The first-order chi connectivity index (χ1) is 9.11. The third-order valence-corrected chi connectivity index (χ3v) is 3.41. The number of hydrogen-bond acceptors (Lipinski definition) is 2. The number of hydrogen-bond donors (Lipinski definition) is 1. The van der Waals surface area contributed by atoms with Crippen LogP contribution in [0.5, 0.6) is 0 Å². The summed E-state index contributed by atoms with van der Waals surface area (Å²) >= 11 is 0. The third-order valence-electron chi connectivity index (χ3n) is 3.41. The third kappa shape index (κ3) is 1.64. The summed E-state index contributed by atoms with van der Waals surface area (Å²) in [6.45, 7) is 0. The van der Waals surface area contributed by atoms with Gasteiger partial charge in [-0.2, -0.15) is 0 Å². The minimum Gasteiger partial charge on any atom is -0.478 e. The van der Waals surface area contributed by atoms with Gasteiger partial charge in [-0.05, 0) is 46.5 Å². The Morgan fingerprint density at radius 2 is 1.74 bits per heavy atom. The fourth-order valence-corrected chi connectivity index (χ4v) is 2.55. The lowest BCUT2D eigenvalue weighted by molar-refractivity contribution is -0.108. The molecule has 1 N–H and O–H groups in total.